The zero-order chi connectivity index (χ0) is 13.7. The average molecular weight is 294 g/mol. The van der Waals surface area contributed by atoms with Crippen molar-refractivity contribution in [1.29, 1.82) is 0 Å². The van der Waals surface area contributed by atoms with Gasteiger partial charge in [0, 0.05) is 0 Å². The predicted molar refractivity (Wildman–Crippen MR) is 81.4 cm³/mol. The maximum Gasteiger partial charge on any atom is 0.327 e. The maximum absolute atomic E-state index is 5.65. The molecule has 3 nitrogen and oxygen atoms in total. The fourth-order valence-electron chi connectivity index (χ4n) is 1.31. The summed E-state index contributed by atoms with van der Waals surface area (Å²) in [6.45, 7) is 7.01. The fraction of sp³-hybridized carbons (Fsp3) is 0.846. The van der Waals surface area contributed by atoms with Gasteiger partial charge in [-0.25, -0.2) is 0 Å². The molecule has 0 saturated carbocycles. The van der Waals surface area contributed by atoms with E-state index in [0.29, 0.717) is 19.8 Å². The van der Waals surface area contributed by atoms with Crippen molar-refractivity contribution in [3.8, 4) is 0 Å². The average Bonchev–Trinajstić information content (AvgIpc) is 2.38. The Bertz CT molecular complexity index is 230. The highest BCUT2D eigenvalue weighted by Gasteiger charge is 2.19. The van der Waals surface area contributed by atoms with Crippen LogP contribution in [0.3, 0.4) is 0 Å². The monoisotopic (exact) mass is 294 g/mol. The molecule has 5 heteroatoms. The molecule has 0 aromatic heterocycles. The van der Waals surface area contributed by atoms with Crippen molar-refractivity contribution in [2.45, 2.75) is 52.4 Å². The summed E-state index contributed by atoms with van der Waals surface area (Å²) in [4.78, 5) is 0. The summed E-state index contributed by atoms with van der Waals surface area (Å²) in [5.41, 5.74) is 0. The molecule has 0 aliphatic carbocycles. The molecule has 0 N–H and O–H groups in total. The summed E-state index contributed by atoms with van der Waals surface area (Å²) < 4.78 is 16.8. The minimum absolute atomic E-state index is 0.388. The van der Waals surface area contributed by atoms with E-state index in [9.17, 15) is 0 Å². The van der Waals surface area contributed by atoms with Crippen LogP contribution in [-0.4, -0.2) is 19.8 Å². The first-order valence-electron chi connectivity index (χ1n) is 6.83. The van der Waals surface area contributed by atoms with Crippen molar-refractivity contribution in [3.63, 3.8) is 0 Å². The molecule has 0 heterocycles. The first kappa shape index (κ1) is 18.3. The Morgan fingerprint density at radius 3 is 1.83 bits per heavy atom. The van der Waals surface area contributed by atoms with Gasteiger partial charge in [0.15, 0.2) is 0 Å². The molecular formula is C13H27O3PS. The van der Waals surface area contributed by atoms with Crippen LogP contribution in [0.1, 0.15) is 52.4 Å². The standard InChI is InChI=1S/C13H27O3PS/c1-4-7-9-12-15-17(18,14-11-6-3)16-13-10-8-5-2/h6H,3-5,7-13H2,1-2H3. The highest BCUT2D eigenvalue weighted by atomic mass is 32.5. The molecule has 108 valence electrons. The van der Waals surface area contributed by atoms with Crippen LogP contribution >= 0.6 is 6.72 Å². The second-order valence-corrected chi connectivity index (χ2v) is 7.12. The third kappa shape index (κ3) is 10.2. The zero-order valence-corrected chi connectivity index (χ0v) is 13.4. The lowest BCUT2D eigenvalue weighted by Gasteiger charge is -2.21. The summed E-state index contributed by atoms with van der Waals surface area (Å²) in [7, 11) is 0. The molecule has 0 amide bonds. The summed E-state index contributed by atoms with van der Waals surface area (Å²) in [5, 5.41) is 0. The van der Waals surface area contributed by atoms with Gasteiger partial charge in [0.1, 0.15) is 0 Å². The van der Waals surface area contributed by atoms with Crippen LogP contribution in [0.2, 0.25) is 0 Å². The Morgan fingerprint density at radius 1 is 0.944 bits per heavy atom. The van der Waals surface area contributed by atoms with Crippen LogP contribution in [0.5, 0.6) is 0 Å². The molecule has 0 aromatic rings. The molecule has 0 bridgehead atoms. The van der Waals surface area contributed by atoms with Crippen LogP contribution in [0.25, 0.3) is 0 Å². The van der Waals surface area contributed by atoms with Gasteiger partial charge >= 0.3 is 6.72 Å². The number of unbranched alkanes of at least 4 members (excludes halogenated alkanes) is 4. The van der Waals surface area contributed by atoms with Gasteiger partial charge in [-0.3, -0.25) is 0 Å². The van der Waals surface area contributed by atoms with Crippen LogP contribution in [0.15, 0.2) is 12.7 Å². The Kier molecular flexibility index (Phi) is 12.5. The second-order valence-electron chi connectivity index (χ2n) is 4.11. The van der Waals surface area contributed by atoms with E-state index in [1.54, 1.807) is 6.08 Å². The van der Waals surface area contributed by atoms with Crippen LogP contribution in [-0.2, 0) is 25.4 Å². The van der Waals surface area contributed by atoms with Crippen molar-refractivity contribution in [2.24, 2.45) is 0 Å². The van der Waals surface area contributed by atoms with E-state index in [2.05, 4.69) is 20.4 Å². The van der Waals surface area contributed by atoms with Crippen molar-refractivity contribution in [3.05, 3.63) is 12.7 Å². The Hall–Kier alpha value is 0.270. The summed E-state index contributed by atoms with van der Waals surface area (Å²) in [5.74, 6) is 0. The van der Waals surface area contributed by atoms with Gasteiger partial charge in [-0.15, -0.1) is 6.58 Å². The molecule has 0 aliphatic rings. The van der Waals surface area contributed by atoms with Crippen LogP contribution < -0.4 is 0 Å². The number of hydrogen-bond donors (Lipinski definition) is 0. The van der Waals surface area contributed by atoms with Gasteiger partial charge in [-0.1, -0.05) is 45.6 Å². The topological polar surface area (TPSA) is 27.7 Å². The number of rotatable bonds is 13. The van der Waals surface area contributed by atoms with Gasteiger partial charge in [-0.2, -0.15) is 0 Å². The van der Waals surface area contributed by atoms with E-state index in [1.807, 2.05) is 0 Å². The lowest BCUT2D eigenvalue weighted by atomic mass is 10.3. The minimum atomic E-state index is -2.55. The van der Waals surface area contributed by atoms with Crippen molar-refractivity contribution in [1.82, 2.24) is 0 Å². The molecule has 0 rings (SSSR count). The van der Waals surface area contributed by atoms with E-state index < -0.39 is 6.72 Å². The number of hydrogen-bond acceptors (Lipinski definition) is 4. The summed E-state index contributed by atoms with van der Waals surface area (Å²) in [6.07, 6.45) is 8.30. The summed E-state index contributed by atoms with van der Waals surface area (Å²) in [6, 6.07) is 0. The first-order valence-corrected chi connectivity index (χ1v) is 9.38. The third-order valence-corrected chi connectivity index (χ3v) is 4.76. The molecule has 0 aromatic carbocycles. The second kappa shape index (κ2) is 12.3. The molecule has 0 spiro atoms. The molecule has 0 unspecified atom stereocenters. The van der Waals surface area contributed by atoms with Gasteiger partial charge in [0.05, 0.1) is 19.8 Å². The van der Waals surface area contributed by atoms with E-state index in [4.69, 9.17) is 25.4 Å². The Morgan fingerprint density at radius 2 is 1.44 bits per heavy atom. The highest BCUT2D eigenvalue weighted by Crippen LogP contribution is 2.50. The quantitative estimate of drug-likeness (QED) is 0.276. The minimum Gasteiger partial charge on any atom is -0.309 e. The molecule has 0 aliphatic heterocycles. The van der Waals surface area contributed by atoms with E-state index in [0.717, 1.165) is 38.5 Å². The summed E-state index contributed by atoms with van der Waals surface area (Å²) >= 11 is 5.36. The van der Waals surface area contributed by atoms with E-state index in [-0.39, 0.29) is 0 Å². The first-order chi connectivity index (χ1) is 8.68. The molecule has 0 saturated heterocycles. The third-order valence-electron chi connectivity index (χ3n) is 2.35. The van der Waals surface area contributed by atoms with Gasteiger partial charge in [-0.05, 0) is 24.6 Å². The van der Waals surface area contributed by atoms with Crippen LogP contribution in [0.4, 0.5) is 0 Å². The van der Waals surface area contributed by atoms with Crippen LogP contribution in [0, 0.1) is 0 Å². The van der Waals surface area contributed by atoms with Gasteiger partial charge in [0.2, 0.25) is 0 Å². The normalized spacial score (nSPS) is 11.7. The molecule has 0 fully saturated rings. The lowest BCUT2D eigenvalue weighted by Crippen LogP contribution is -2.03. The molecule has 0 atom stereocenters. The SMILES string of the molecule is C=CCOP(=S)(OCCCCC)OCCCCC. The van der Waals surface area contributed by atoms with Gasteiger partial charge < -0.3 is 13.6 Å². The smallest absolute Gasteiger partial charge is 0.309 e. The maximum atomic E-state index is 5.65. The van der Waals surface area contributed by atoms with Crippen molar-refractivity contribution in [2.75, 3.05) is 19.8 Å². The van der Waals surface area contributed by atoms with E-state index in [1.165, 1.54) is 0 Å². The highest BCUT2D eigenvalue weighted by molar-refractivity contribution is 8.07. The molecular weight excluding hydrogens is 267 g/mol. The lowest BCUT2D eigenvalue weighted by molar-refractivity contribution is 0.162. The predicted octanol–water partition coefficient (Wildman–Crippen LogP) is 4.83. The Labute approximate surface area is 117 Å². The zero-order valence-electron chi connectivity index (χ0n) is 11.7. The molecule has 0 radical (unpaired) electrons. The van der Waals surface area contributed by atoms with Crippen molar-refractivity contribution >= 4 is 18.5 Å². The fourth-order valence-corrected chi connectivity index (χ4v) is 3.16. The largest absolute Gasteiger partial charge is 0.327 e. The Balaban J connectivity index is 3.98. The van der Waals surface area contributed by atoms with E-state index >= 15 is 0 Å². The van der Waals surface area contributed by atoms with Gasteiger partial charge in [0.25, 0.3) is 0 Å². The molecule has 18 heavy (non-hydrogen) atoms. The van der Waals surface area contributed by atoms with Crippen molar-refractivity contribution < 1.29 is 13.6 Å².